The molecule has 0 bridgehead atoms. The molecular weight excluding hydrogens is 392 g/mol. The first-order valence-electron chi connectivity index (χ1n) is 9.78. The van der Waals surface area contributed by atoms with Crippen LogP contribution in [0.25, 0.3) is 0 Å². The molecule has 1 atom stereocenters. The van der Waals surface area contributed by atoms with Crippen molar-refractivity contribution >= 4 is 18.0 Å². The van der Waals surface area contributed by atoms with Gasteiger partial charge in [0.1, 0.15) is 11.6 Å². The molecule has 166 valence electrons. The number of esters is 1. The summed E-state index contributed by atoms with van der Waals surface area (Å²) in [6, 6.07) is 4.55. The lowest BCUT2D eigenvalue weighted by atomic mass is 10.2. The molecule has 0 radical (unpaired) electrons. The van der Waals surface area contributed by atoms with E-state index in [0.717, 1.165) is 5.56 Å². The van der Waals surface area contributed by atoms with Crippen molar-refractivity contribution < 1.29 is 33.3 Å². The van der Waals surface area contributed by atoms with Crippen molar-refractivity contribution in [2.24, 2.45) is 0 Å². The molecule has 0 spiro atoms. The summed E-state index contributed by atoms with van der Waals surface area (Å²) in [6.07, 6.45) is 0.593. The van der Waals surface area contributed by atoms with Gasteiger partial charge in [0.25, 0.3) is 5.91 Å². The lowest BCUT2D eigenvalue weighted by Gasteiger charge is -2.27. The summed E-state index contributed by atoms with van der Waals surface area (Å²) in [5, 5.41) is 2.68. The van der Waals surface area contributed by atoms with Crippen molar-refractivity contribution in [2.45, 2.75) is 51.8 Å². The highest BCUT2D eigenvalue weighted by atomic mass is 16.6. The van der Waals surface area contributed by atoms with Crippen LogP contribution in [0.1, 0.15) is 39.2 Å². The van der Waals surface area contributed by atoms with Crippen molar-refractivity contribution in [3.8, 4) is 11.5 Å². The fourth-order valence-corrected chi connectivity index (χ4v) is 3.03. The summed E-state index contributed by atoms with van der Waals surface area (Å²) in [5.41, 5.74) is 0.150. The van der Waals surface area contributed by atoms with Gasteiger partial charge < -0.3 is 24.3 Å². The lowest BCUT2D eigenvalue weighted by Crippen LogP contribution is -2.44. The molecule has 2 amide bonds. The van der Waals surface area contributed by atoms with Crippen LogP contribution in [0.4, 0.5) is 4.79 Å². The SMILES string of the molecule is COc1ccc(CNC(=O)COC(=O)[C@@H]2CCCN2C(=O)OC(C)(C)C)cc1OC. The average Bonchev–Trinajstić information content (AvgIpc) is 3.19. The molecule has 2 rings (SSSR count). The number of hydrogen-bond donors (Lipinski definition) is 1. The van der Waals surface area contributed by atoms with Gasteiger partial charge in [-0.15, -0.1) is 0 Å². The van der Waals surface area contributed by atoms with E-state index in [1.807, 2.05) is 0 Å². The quantitative estimate of drug-likeness (QED) is 0.672. The predicted octanol–water partition coefficient (Wildman–Crippen LogP) is 2.26. The molecule has 1 fully saturated rings. The van der Waals surface area contributed by atoms with Crippen LogP contribution in [0.3, 0.4) is 0 Å². The maximum atomic E-state index is 12.4. The van der Waals surface area contributed by atoms with E-state index in [4.69, 9.17) is 18.9 Å². The first-order valence-corrected chi connectivity index (χ1v) is 9.78. The fraction of sp³-hybridized carbons (Fsp3) is 0.571. The molecule has 30 heavy (non-hydrogen) atoms. The molecule has 0 unspecified atom stereocenters. The fourth-order valence-electron chi connectivity index (χ4n) is 3.03. The van der Waals surface area contributed by atoms with Gasteiger partial charge >= 0.3 is 12.1 Å². The van der Waals surface area contributed by atoms with Crippen LogP contribution in [-0.4, -0.2) is 61.9 Å². The maximum Gasteiger partial charge on any atom is 0.411 e. The Balaban J connectivity index is 1.82. The zero-order valence-electron chi connectivity index (χ0n) is 18.1. The van der Waals surface area contributed by atoms with Crippen LogP contribution in [0.15, 0.2) is 18.2 Å². The summed E-state index contributed by atoms with van der Waals surface area (Å²) < 4.78 is 20.9. The minimum atomic E-state index is -0.738. The van der Waals surface area contributed by atoms with Crippen molar-refractivity contribution in [1.29, 1.82) is 0 Å². The van der Waals surface area contributed by atoms with Gasteiger partial charge in [-0.3, -0.25) is 9.69 Å². The van der Waals surface area contributed by atoms with Crippen LogP contribution in [0.2, 0.25) is 0 Å². The second kappa shape index (κ2) is 10.2. The van der Waals surface area contributed by atoms with Gasteiger partial charge in [0.15, 0.2) is 18.1 Å². The van der Waals surface area contributed by atoms with E-state index < -0.39 is 36.2 Å². The van der Waals surface area contributed by atoms with Crippen LogP contribution < -0.4 is 14.8 Å². The Labute approximate surface area is 176 Å². The van der Waals surface area contributed by atoms with Crippen LogP contribution in [0, 0.1) is 0 Å². The number of hydrogen-bond acceptors (Lipinski definition) is 7. The molecule has 0 aliphatic carbocycles. The second-order valence-corrected chi connectivity index (χ2v) is 7.91. The third-order valence-corrected chi connectivity index (χ3v) is 4.44. The Bertz CT molecular complexity index is 773. The smallest absolute Gasteiger partial charge is 0.411 e. The monoisotopic (exact) mass is 422 g/mol. The van der Waals surface area contributed by atoms with Crippen LogP contribution in [0.5, 0.6) is 11.5 Å². The van der Waals surface area contributed by atoms with Crippen LogP contribution in [-0.2, 0) is 25.6 Å². The highest BCUT2D eigenvalue weighted by Crippen LogP contribution is 2.27. The van der Waals surface area contributed by atoms with Gasteiger partial charge in [-0.1, -0.05) is 6.07 Å². The summed E-state index contributed by atoms with van der Waals surface area (Å²) in [7, 11) is 3.07. The summed E-state index contributed by atoms with van der Waals surface area (Å²) in [4.78, 5) is 38.1. The molecule has 0 aromatic heterocycles. The van der Waals surface area contributed by atoms with Gasteiger partial charge in [-0.2, -0.15) is 0 Å². The maximum absolute atomic E-state index is 12.4. The van der Waals surface area contributed by atoms with Crippen molar-refractivity contribution in [1.82, 2.24) is 10.2 Å². The Morgan fingerprint density at radius 2 is 1.83 bits per heavy atom. The Morgan fingerprint density at radius 1 is 1.13 bits per heavy atom. The first-order chi connectivity index (χ1) is 14.1. The summed E-state index contributed by atoms with van der Waals surface area (Å²) in [5.74, 6) is 0.0892. The average molecular weight is 422 g/mol. The normalized spacial score (nSPS) is 16.0. The molecule has 1 saturated heterocycles. The highest BCUT2D eigenvalue weighted by molar-refractivity contribution is 5.85. The summed E-state index contributed by atoms with van der Waals surface area (Å²) in [6.45, 7) is 5.51. The Kier molecular flexibility index (Phi) is 7.91. The number of ether oxygens (including phenoxy) is 4. The number of carbonyl (C=O) groups excluding carboxylic acids is 3. The van der Waals surface area contributed by atoms with E-state index in [9.17, 15) is 14.4 Å². The molecule has 1 aliphatic heterocycles. The predicted molar refractivity (Wildman–Crippen MR) is 108 cm³/mol. The van der Waals surface area contributed by atoms with E-state index in [1.54, 1.807) is 46.1 Å². The molecule has 9 heteroatoms. The molecule has 1 aliphatic rings. The second-order valence-electron chi connectivity index (χ2n) is 7.91. The lowest BCUT2D eigenvalue weighted by molar-refractivity contribution is -0.152. The zero-order chi connectivity index (χ0) is 22.3. The minimum absolute atomic E-state index is 0.240. The number of rotatable bonds is 7. The number of amides is 2. The molecule has 1 aromatic carbocycles. The number of benzene rings is 1. The van der Waals surface area contributed by atoms with Crippen molar-refractivity contribution in [3.05, 3.63) is 23.8 Å². The third kappa shape index (κ3) is 6.53. The highest BCUT2D eigenvalue weighted by Gasteiger charge is 2.37. The third-order valence-electron chi connectivity index (χ3n) is 4.44. The molecule has 1 N–H and O–H groups in total. The molecule has 0 saturated carbocycles. The van der Waals surface area contributed by atoms with E-state index in [0.29, 0.717) is 30.9 Å². The number of likely N-dealkylation sites (tertiary alicyclic amines) is 1. The van der Waals surface area contributed by atoms with Gasteiger partial charge in [0, 0.05) is 13.1 Å². The van der Waals surface area contributed by atoms with Crippen molar-refractivity contribution in [2.75, 3.05) is 27.4 Å². The number of nitrogens with zero attached hydrogens (tertiary/aromatic N) is 1. The number of carbonyl (C=O) groups is 3. The molecule has 1 heterocycles. The van der Waals surface area contributed by atoms with Crippen molar-refractivity contribution in [3.63, 3.8) is 0 Å². The number of nitrogens with one attached hydrogen (secondary N) is 1. The number of methoxy groups -OCH3 is 2. The Hall–Kier alpha value is -2.97. The first kappa shape index (κ1) is 23.3. The van der Waals surface area contributed by atoms with Gasteiger partial charge in [-0.05, 0) is 51.3 Å². The van der Waals surface area contributed by atoms with Gasteiger partial charge in [0.05, 0.1) is 14.2 Å². The van der Waals surface area contributed by atoms with E-state index >= 15 is 0 Å². The minimum Gasteiger partial charge on any atom is -0.493 e. The molecule has 9 nitrogen and oxygen atoms in total. The van der Waals surface area contributed by atoms with E-state index in [2.05, 4.69) is 5.32 Å². The largest absolute Gasteiger partial charge is 0.493 e. The van der Waals surface area contributed by atoms with Gasteiger partial charge in [-0.25, -0.2) is 9.59 Å². The summed E-state index contributed by atoms with van der Waals surface area (Å²) >= 11 is 0. The molecule has 1 aromatic rings. The van der Waals surface area contributed by atoms with E-state index in [-0.39, 0.29) is 6.54 Å². The zero-order valence-corrected chi connectivity index (χ0v) is 18.1. The Morgan fingerprint density at radius 3 is 2.47 bits per heavy atom. The molecular formula is C21H30N2O7. The standard InChI is InChI=1S/C21H30N2O7/c1-21(2,3)30-20(26)23-10-6-7-15(23)19(25)29-13-18(24)22-12-14-8-9-16(27-4)17(11-14)28-5/h8-9,11,15H,6-7,10,12-13H2,1-5H3,(H,22,24)/t15-/m0/s1. The topological polar surface area (TPSA) is 103 Å². The van der Waals surface area contributed by atoms with E-state index in [1.165, 1.54) is 12.0 Å². The van der Waals surface area contributed by atoms with Crippen LogP contribution >= 0.6 is 0 Å². The van der Waals surface area contributed by atoms with Gasteiger partial charge in [0.2, 0.25) is 0 Å².